The lowest BCUT2D eigenvalue weighted by Gasteiger charge is -2.24. The van der Waals surface area contributed by atoms with Crippen LogP contribution >= 0.6 is 0 Å². The molecule has 8 nitrogen and oxygen atoms in total. The van der Waals surface area contributed by atoms with Gasteiger partial charge in [-0.15, -0.1) is 0 Å². The molecule has 2 rings (SSSR count). The van der Waals surface area contributed by atoms with Crippen LogP contribution in [-0.2, 0) is 4.79 Å². The predicted molar refractivity (Wildman–Crippen MR) is 112 cm³/mol. The Labute approximate surface area is 170 Å². The Bertz CT molecular complexity index is 884. The zero-order valence-corrected chi connectivity index (χ0v) is 16.8. The van der Waals surface area contributed by atoms with E-state index in [9.17, 15) is 19.7 Å². The highest BCUT2D eigenvalue weighted by Crippen LogP contribution is 2.15. The SMILES string of the molecule is CCN(CCNC(=O)C(C)NC(=O)c1cccc([N+](=O)[O-])c1)c1cccc(C)c1. The van der Waals surface area contributed by atoms with Crippen LogP contribution in [0.2, 0.25) is 0 Å². The first kappa shape index (κ1) is 21.9. The van der Waals surface area contributed by atoms with Crippen LogP contribution < -0.4 is 15.5 Å². The number of non-ortho nitro benzene ring substituents is 1. The van der Waals surface area contributed by atoms with Crippen molar-refractivity contribution in [2.24, 2.45) is 0 Å². The summed E-state index contributed by atoms with van der Waals surface area (Å²) in [6.45, 7) is 7.52. The topological polar surface area (TPSA) is 105 Å². The van der Waals surface area contributed by atoms with Gasteiger partial charge in [-0.25, -0.2) is 0 Å². The van der Waals surface area contributed by atoms with Crippen molar-refractivity contribution in [3.63, 3.8) is 0 Å². The van der Waals surface area contributed by atoms with Gasteiger partial charge in [-0.2, -0.15) is 0 Å². The molecule has 154 valence electrons. The molecule has 0 aliphatic rings. The lowest BCUT2D eigenvalue weighted by Crippen LogP contribution is -2.46. The summed E-state index contributed by atoms with van der Waals surface area (Å²) in [4.78, 5) is 37.0. The number of carbonyl (C=O) groups is 2. The van der Waals surface area contributed by atoms with Crippen molar-refractivity contribution in [2.45, 2.75) is 26.8 Å². The van der Waals surface area contributed by atoms with Crippen molar-refractivity contribution in [2.75, 3.05) is 24.5 Å². The number of nitro groups is 1. The maximum absolute atomic E-state index is 12.3. The standard InChI is InChI=1S/C21H26N4O4/c1-4-24(18-9-5-7-15(2)13-18)12-11-22-20(26)16(3)23-21(27)17-8-6-10-19(14-17)25(28)29/h5-10,13-14,16H,4,11-12H2,1-3H3,(H,22,26)(H,23,27). The van der Waals surface area contributed by atoms with Gasteiger partial charge in [0.15, 0.2) is 0 Å². The van der Waals surface area contributed by atoms with Crippen LogP contribution in [0.5, 0.6) is 0 Å². The van der Waals surface area contributed by atoms with Crippen molar-refractivity contribution in [3.8, 4) is 0 Å². The molecule has 2 amide bonds. The minimum absolute atomic E-state index is 0.135. The summed E-state index contributed by atoms with van der Waals surface area (Å²) in [5, 5.41) is 16.2. The smallest absolute Gasteiger partial charge is 0.270 e. The summed E-state index contributed by atoms with van der Waals surface area (Å²) in [6, 6.07) is 12.8. The van der Waals surface area contributed by atoms with Gasteiger partial charge >= 0.3 is 0 Å². The summed E-state index contributed by atoms with van der Waals surface area (Å²) in [5.41, 5.74) is 2.22. The van der Waals surface area contributed by atoms with Gasteiger partial charge in [-0.05, 0) is 44.5 Å². The first-order valence-electron chi connectivity index (χ1n) is 9.46. The first-order valence-corrected chi connectivity index (χ1v) is 9.46. The summed E-state index contributed by atoms with van der Waals surface area (Å²) in [5.74, 6) is -0.852. The van der Waals surface area contributed by atoms with Crippen LogP contribution in [0, 0.1) is 17.0 Å². The summed E-state index contributed by atoms with van der Waals surface area (Å²) in [6.07, 6.45) is 0. The summed E-state index contributed by atoms with van der Waals surface area (Å²) in [7, 11) is 0. The fourth-order valence-corrected chi connectivity index (χ4v) is 2.87. The molecule has 0 saturated heterocycles. The van der Waals surface area contributed by atoms with Crippen LogP contribution in [0.4, 0.5) is 11.4 Å². The average molecular weight is 398 g/mol. The third-order valence-corrected chi connectivity index (χ3v) is 4.49. The highest BCUT2D eigenvalue weighted by Gasteiger charge is 2.18. The molecule has 0 aliphatic carbocycles. The van der Waals surface area contributed by atoms with E-state index in [1.54, 1.807) is 6.92 Å². The summed E-state index contributed by atoms with van der Waals surface area (Å²) >= 11 is 0. The van der Waals surface area contributed by atoms with E-state index in [1.165, 1.54) is 29.8 Å². The molecular weight excluding hydrogens is 372 g/mol. The number of amides is 2. The molecule has 2 N–H and O–H groups in total. The Hall–Kier alpha value is -3.42. The third-order valence-electron chi connectivity index (χ3n) is 4.49. The Morgan fingerprint density at radius 2 is 1.90 bits per heavy atom. The van der Waals surface area contributed by atoms with Gasteiger partial charge in [-0.3, -0.25) is 19.7 Å². The molecule has 0 aliphatic heterocycles. The number of benzene rings is 2. The number of hydrogen-bond donors (Lipinski definition) is 2. The van der Waals surface area contributed by atoms with E-state index in [2.05, 4.69) is 21.6 Å². The van der Waals surface area contributed by atoms with Crippen molar-refractivity contribution < 1.29 is 14.5 Å². The van der Waals surface area contributed by atoms with E-state index in [0.29, 0.717) is 13.1 Å². The van der Waals surface area contributed by atoms with Gasteiger partial charge in [0.1, 0.15) is 6.04 Å². The molecule has 0 aromatic heterocycles. The summed E-state index contributed by atoms with van der Waals surface area (Å²) < 4.78 is 0. The van der Waals surface area contributed by atoms with Gasteiger partial charge < -0.3 is 15.5 Å². The van der Waals surface area contributed by atoms with E-state index in [-0.39, 0.29) is 17.2 Å². The zero-order chi connectivity index (χ0) is 21.4. The second kappa shape index (κ2) is 10.2. The van der Waals surface area contributed by atoms with Gasteiger partial charge in [0.2, 0.25) is 5.91 Å². The highest BCUT2D eigenvalue weighted by atomic mass is 16.6. The molecule has 0 spiro atoms. The van der Waals surface area contributed by atoms with Crippen LogP contribution in [0.15, 0.2) is 48.5 Å². The number of carbonyl (C=O) groups excluding carboxylic acids is 2. The number of hydrogen-bond acceptors (Lipinski definition) is 5. The van der Waals surface area contributed by atoms with Gasteiger partial charge in [0, 0.05) is 43.0 Å². The predicted octanol–water partition coefficient (Wildman–Crippen LogP) is 2.66. The van der Waals surface area contributed by atoms with Gasteiger partial charge in [-0.1, -0.05) is 18.2 Å². The molecule has 0 heterocycles. The monoisotopic (exact) mass is 398 g/mol. The van der Waals surface area contributed by atoms with Crippen molar-refractivity contribution in [3.05, 3.63) is 69.8 Å². The lowest BCUT2D eigenvalue weighted by atomic mass is 10.1. The van der Waals surface area contributed by atoms with Gasteiger partial charge in [0.25, 0.3) is 11.6 Å². The number of nitrogens with one attached hydrogen (secondary N) is 2. The Morgan fingerprint density at radius 1 is 1.17 bits per heavy atom. The Kier molecular flexibility index (Phi) is 7.70. The van der Waals surface area contributed by atoms with E-state index in [0.717, 1.165) is 12.2 Å². The second-order valence-corrected chi connectivity index (χ2v) is 6.71. The van der Waals surface area contributed by atoms with E-state index in [1.807, 2.05) is 32.0 Å². The number of aryl methyl sites for hydroxylation is 1. The normalized spacial score (nSPS) is 11.4. The number of nitrogens with zero attached hydrogens (tertiary/aromatic N) is 2. The number of anilines is 1. The van der Waals surface area contributed by atoms with Gasteiger partial charge in [0.05, 0.1) is 4.92 Å². The average Bonchev–Trinajstić information content (AvgIpc) is 2.71. The molecule has 0 fully saturated rings. The molecular formula is C21H26N4O4. The molecule has 2 aromatic carbocycles. The minimum atomic E-state index is -0.768. The van der Waals surface area contributed by atoms with Crippen LogP contribution in [0.3, 0.4) is 0 Å². The molecule has 1 unspecified atom stereocenters. The molecule has 0 saturated carbocycles. The third kappa shape index (κ3) is 6.31. The quantitative estimate of drug-likeness (QED) is 0.499. The first-order chi connectivity index (χ1) is 13.8. The molecule has 0 radical (unpaired) electrons. The van der Waals surface area contributed by atoms with Crippen molar-refractivity contribution in [1.82, 2.24) is 10.6 Å². The Balaban J connectivity index is 1.86. The zero-order valence-electron chi connectivity index (χ0n) is 16.8. The Morgan fingerprint density at radius 3 is 2.55 bits per heavy atom. The molecule has 2 aromatic rings. The highest BCUT2D eigenvalue weighted by molar-refractivity contribution is 5.97. The molecule has 29 heavy (non-hydrogen) atoms. The lowest BCUT2D eigenvalue weighted by molar-refractivity contribution is -0.384. The van der Waals surface area contributed by atoms with Crippen molar-refractivity contribution in [1.29, 1.82) is 0 Å². The number of rotatable bonds is 9. The second-order valence-electron chi connectivity index (χ2n) is 6.71. The maximum atomic E-state index is 12.3. The van der Waals surface area contributed by atoms with E-state index in [4.69, 9.17) is 0 Å². The largest absolute Gasteiger partial charge is 0.370 e. The van der Waals surface area contributed by atoms with E-state index >= 15 is 0 Å². The number of likely N-dealkylation sites (N-methyl/N-ethyl adjacent to an activating group) is 1. The van der Waals surface area contributed by atoms with Crippen molar-refractivity contribution >= 4 is 23.2 Å². The molecule has 0 bridgehead atoms. The van der Waals surface area contributed by atoms with Crippen LogP contribution in [0.1, 0.15) is 29.8 Å². The van der Waals surface area contributed by atoms with E-state index < -0.39 is 16.9 Å². The molecule has 8 heteroatoms. The maximum Gasteiger partial charge on any atom is 0.270 e. The minimum Gasteiger partial charge on any atom is -0.370 e. The fourth-order valence-electron chi connectivity index (χ4n) is 2.87. The number of nitro benzene ring substituents is 1. The van der Waals surface area contributed by atoms with Crippen LogP contribution in [-0.4, -0.2) is 42.4 Å². The molecule has 1 atom stereocenters. The fraction of sp³-hybridized carbons (Fsp3) is 0.333. The van der Waals surface area contributed by atoms with Crippen LogP contribution in [0.25, 0.3) is 0 Å².